The number of amides is 1. The Balaban J connectivity index is 1.98. The van der Waals surface area contributed by atoms with E-state index in [1.54, 1.807) is 19.1 Å². The molecule has 1 amide bonds. The van der Waals surface area contributed by atoms with Crippen molar-refractivity contribution < 1.29 is 14.5 Å². The van der Waals surface area contributed by atoms with E-state index in [1.165, 1.54) is 6.07 Å². The zero-order valence-corrected chi connectivity index (χ0v) is 14.4. The number of nitro benzene ring substituents is 1. The van der Waals surface area contributed by atoms with E-state index in [9.17, 15) is 14.9 Å². The SMILES string of the molecule is CCOc1cc(NC2CCN(C(=O)C(C)C)CC2)ccc1[N+](=O)[O-]. The Morgan fingerprint density at radius 2 is 2.08 bits per heavy atom. The zero-order valence-electron chi connectivity index (χ0n) is 14.4. The number of anilines is 1. The number of carbonyl (C=O) groups is 1. The molecule has 1 aromatic carbocycles. The Kier molecular flexibility index (Phi) is 6.00. The summed E-state index contributed by atoms with van der Waals surface area (Å²) in [6.07, 6.45) is 1.72. The molecule has 1 aliphatic heterocycles. The van der Waals surface area contributed by atoms with Gasteiger partial charge in [0.05, 0.1) is 11.5 Å². The summed E-state index contributed by atoms with van der Waals surface area (Å²) in [6, 6.07) is 5.08. The minimum Gasteiger partial charge on any atom is -0.487 e. The molecular weight excluding hydrogens is 310 g/mol. The number of benzene rings is 1. The van der Waals surface area contributed by atoms with E-state index in [4.69, 9.17) is 4.74 Å². The first-order chi connectivity index (χ1) is 11.4. The average Bonchev–Trinajstić information content (AvgIpc) is 2.55. The summed E-state index contributed by atoms with van der Waals surface area (Å²) in [5, 5.41) is 14.4. The van der Waals surface area contributed by atoms with Crippen molar-refractivity contribution in [2.24, 2.45) is 5.92 Å². The fraction of sp³-hybridized carbons (Fsp3) is 0.588. The molecular formula is C17H25N3O4. The fourth-order valence-electron chi connectivity index (χ4n) is 2.87. The topological polar surface area (TPSA) is 84.7 Å². The number of rotatable bonds is 6. The van der Waals surface area contributed by atoms with Crippen molar-refractivity contribution in [1.82, 2.24) is 4.90 Å². The van der Waals surface area contributed by atoms with Crippen molar-refractivity contribution in [3.05, 3.63) is 28.3 Å². The van der Waals surface area contributed by atoms with E-state index >= 15 is 0 Å². The van der Waals surface area contributed by atoms with Crippen LogP contribution in [-0.2, 0) is 4.79 Å². The van der Waals surface area contributed by atoms with Crippen LogP contribution in [0.3, 0.4) is 0 Å². The zero-order chi connectivity index (χ0) is 17.7. The van der Waals surface area contributed by atoms with Crippen molar-refractivity contribution in [3.63, 3.8) is 0 Å². The summed E-state index contributed by atoms with van der Waals surface area (Å²) in [7, 11) is 0. The normalized spacial score (nSPS) is 15.4. The molecule has 0 aromatic heterocycles. The Bertz CT molecular complexity index is 595. The Morgan fingerprint density at radius 3 is 2.62 bits per heavy atom. The van der Waals surface area contributed by atoms with Gasteiger partial charge in [0.25, 0.3) is 0 Å². The minimum atomic E-state index is -0.440. The standard InChI is InChI=1S/C17H25N3O4/c1-4-24-16-11-14(5-6-15(16)20(22)23)18-13-7-9-19(10-8-13)17(21)12(2)3/h5-6,11-13,18H,4,7-10H2,1-3H3. The molecule has 1 N–H and O–H groups in total. The predicted octanol–water partition coefficient (Wildman–Crippen LogP) is 3.05. The Hall–Kier alpha value is -2.31. The molecule has 0 atom stereocenters. The average molecular weight is 335 g/mol. The third kappa shape index (κ3) is 4.37. The largest absolute Gasteiger partial charge is 0.487 e. The van der Waals surface area contributed by atoms with Gasteiger partial charge in [-0.2, -0.15) is 0 Å². The van der Waals surface area contributed by atoms with Crippen LogP contribution in [0.5, 0.6) is 5.75 Å². The van der Waals surface area contributed by atoms with Crippen LogP contribution in [0, 0.1) is 16.0 Å². The third-order valence-electron chi connectivity index (χ3n) is 4.13. The van der Waals surface area contributed by atoms with Gasteiger partial charge in [-0.25, -0.2) is 0 Å². The number of likely N-dealkylation sites (tertiary alicyclic amines) is 1. The van der Waals surface area contributed by atoms with Gasteiger partial charge in [0.15, 0.2) is 5.75 Å². The van der Waals surface area contributed by atoms with Crippen LogP contribution in [0.15, 0.2) is 18.2 Å². The highest BCUT2D eigenvalue weighted by atomic mass is 16.6. The van der Waals surface area contributed by atoms with Crippen LogP contribution in [0.1, 0.15) is 33.6 Å². The molecule has 132 valence electrons. The highest BCUT2D eigenvalue weighted by Crippen LogP contribution is 2.31. The van der Waals surface area contributed by atoms with E-state index in [2.05, 4.69) is 5.32 Å². The van der Waals surface area contributed by atoms with E-state index in [-0.39, 0.29) is 29.3 Å². The molecule has 24 heavy (non-hydrogen) atoms. The monoisotopic (exact) mass is 335 g/mol. The molecule has 0 spiro atoms. The van der Waals surface area contributed by atoms with Gasteiger partial charge in [-0.3, -0.25) is 14.9 Å². The third-order valence-corrected chi connectivity index (χ3v) is 4.13. The van der Waals surface area contributed by atoms with Crippen LogP contribution in [0.25, 0.3) is 0 Å². The summed E-state index contributed by atoms with van der Waals surface area (Å²) in [6.45, 7) is 7.48. The number of nitrogens with zero attached hydrogens (tertiary/aromatic N) is 2. The lowest BCUT2D eigenvalue weighted by molar-refractivity contribution is -0.385. The number of ether oxygens (including phenoxy) is 1. The van der Waals surface area contributed by atoms with Gasteiger partial charge in [0.2, 0.25) is 5.91 Å². The van der Waals surface area contributed by atoms with Crippen molar-refractivity contribution in [2.45, 2.75) is 39.7 Å². The summed E-state index contributed by atoms with van der Waals surface area (Å²) in [4.78, 5) is 24.5. The van der Waals surface area contributed by atoms with Gasteiger partial charge >= 0.3 is 5.69 Å². The number of nitro groups is 1. The molecule has 0 saturated carbocycles. The van der Waals surface area contributed by atoms with Crippen LogP contribution < -0.4 is 10.1 Å². The van der Waals surface area contributed by atoms with E-state index in [0.29, 0.717) is 6.61 Å². The molecule has 7 heteroatoms. The predicted molar refractivity (Wildman–Crippen MR) is 92.3 cm³/mol. The van der Waals surface area contributed by atoms with E-state index in [0.717, 1.165) is 31.6 Å². The van der Waals surface area contributed by atoms with E-state index < -0.39 is 4.92 Å². The van der Waals surface area contributed by atoms with Gasteiger partial charge in [-0.15, -0.1) is 0 Å². The molecule has 0 aliphatic carbocycles. The molecule has 2 rings (SSSR count). The summed E-state index contributed by atoms with van der Waals surface area (Å²) < 4.78 is 5.37. The molecule has 1 aromatic rings. The van der Waals surface area contributed by atoms with Gasteiger partial charge in [0.1, 0.15) is 0 Å². The van der Waals surface area contributed by atoms with Crippen molar-refractivity contribution >= 4 is 17.3 Å². The van der Waals surface area contributed by atoms with Gasteiger partial charge in [-0.1, -0.05) is 13.8 Å². The Labute approximate surface area is 142 Å². The van der Waals surface area contributed by atoms with Crippen molar-refractivity contribution in [3.8, 4) is 5.75 Å². The van der Waals surface area contributed by atoms with Crippen LogP contribution in [0.4, 0.5) is 11.4 Å². The second-order valence-corrected chi connectivity index (χ2v) is 6.27. The second-order valence-electron chi connectivity index (χ2n) is 6.27. The summed E-state index contributed by atoms with van der Waals surface area (Å²) in [5.41, 5.74) is 0.775. The lowest BCUT2D eigenvalue weighted by Gasteiger charge is -2.34. The van der Waals surface area contributed by atoms with Crippen LogP contribution >= 0.6 is 0 Å². The number of piperidine rings is 1. The number of nitrogens with one attached hydrogen (secondary N) is 1. The molecule has 7 nitrogen and oxygen atoms in total. The lowest BCUT2D eigenvalue weighted by atomic mass is 10.0. The maximum absolute atomic E-state index is 12.0. The van der Waals surface area contributed by atoms with E-state index in [1.807, 2.05) is 18.7 Å². The highest BCUT2D eigenvalue weighted by Gasteiger charge is 2.24. The lowest BCUT2D eigenvalue weighted by Crippen LogP contribution is -2.43. The maximum Gasteiger partial charge on any atom is 0.311 e. The van der Waals surface area contributed by atoms with Crippen LogP contribution in [0.2, 0.25) is 0 Å². The molecule has 0 bridgehead atoms. The highest BCUT2D eigenvalue weighted by molar-refractivity contribution is 5.78. The minimum absolute atomic E-state index is 0.0259. The number of hydrogen-bond donors (Lipinski definition) is 1. The number of hydrogen-bond acceptors (Lipinski definition) is 5. The fourth-order valence-corrected chi connectivity index (χ4v) is 2.87. The second kappa shape index (κ2) is 7.99. The molecule has 1 fully saturated rings. The van der Waals surface area contributed by atoms with Crippen molar-refractivity contribution in [1.29, 1.82) is 0 Å². The first-order valence-corrected chi connectivity index (χ1v) is 8.39. The molecule has 1 heterocycles. The molecule has 0 unspecified atom stereocenters. The van der Waals surface area contributed by atoms with Crippen molar-refractivity contribution in [2.75, 3.05) is 25.0 Å². The van der Waals surface area contributed by atoms with Crippen LogP contribution in [-0.4, -0.2) is 41.5 Å². The molecule has 1 aliphatic rings. The Morgan fingerprint density at radius 1 is 1.42 bits per heavy atom. The summed E-state index contributed by atoms with van der Waals surface area (Å²) >= 11 is 0. The first-order valence-electron chi connectivity index (χ1n) is 8.39. The molecule has 0 radical (unpaired) electrons. The van der Waals surface area contributed by atoms with Gasteiger partial charge < -0.3 is 15.0 Å². The quantitative estimate of drug-likeness (QED) is 0.638. The van der Waals surface area contributed by atoms with Gasteiger partial charge in [0, 0.05) is 42.9 Å². The first kappa shape index (κ1) is 18.0. The maximum atomic E-state index is 12.0. The van der Waals surface area contributed by atoms with Gasteiger partial charge in [-0.05, 0) is 25.8 Å². The summed E-state index contributed by atoms with van der Waals surface area (Å²) in [5.74, 6) is 0.500. The smallest absolute Gasteiger partial charge is 0.311 e. The number of carbonyl (C=O) groups excluding carboxylic acids is 1. The molecule has 1 saturated heterocycles.